The number of piperazine rings is 1. The van der Waals surface area contributed by atoms with Gasteiger partial charge in [0.05, 0.1) is 4.88 Å². The van der Waals surface area contributed by atoms with Crippen LogP contribution in [0.3, 0.4) is 0 Å². The molecule has 1 aliphatic heterocycles. The number of amides is 1. The van der Waals surface area contributed by atoms with E-state index in [1.165, 1.54) is 5.69 Å². The molecule has 0 bridgehead atoms. The van der Waals surface area contributed by atoms with Gasteiger partial charge in [-0.15, -0.1) is 11.3 Å². The van der Waals surface area contributed by atoms with Gasteiger partial charge < -0.3 is 19.6 Å². The first-order valence-corrected chi connectivity index (χ1v) is 9.84. The second-order valence-electron chi connectivity index (χ2n) is 6.80. The quantitative estimate of drug-likeness (QED) is 0.745. The van der Waals surface area contributed by atoms with E-state index < -0.39 is 0 Å². The fourth-order valence-electron chi connectivity index (χ4n) is 3.25. The minimum atomic E-state index is -0.270. The number of aryl methyl sites for hydroxylation is 1. The summed E-state index contributed by atoms with van der Waals surface area (Å²) >= 11 is 1.55. The molecule has 1 fully saturated rings. The molecule has 0 unspecified atom stereocenters. The van der Waals surface area contributed by atoms with Crippen molar-refractivity contribution in [3.05, 3.63) is 53.0 Å². The predicted octanol–water partition coefficient (Wildman–Crippen LogP) is 3.72. The van der Waals surface area contributed by atoms with Crippen LogP contribution in [0.5, 0.6) is 0 Å². The van der Waals surface area contributed by atoms with E-state index in [4.69, 9.17) is 4.52 Å². The second kappa shape index (κ2) is 7.54. The van der Waals surface area contributed by atoms with Gasteiger partial charge >= 0.3 is 0 Å². The normalized spacial score (nSPS) is 15.1. The lowest BCUT2D eigenvalue weighted by Crippen LogP contribution is -2.44. The van der Waals surface area contributed by atoms with Gasteiger partial charge in [-0.25, -0.2) is 0 Å². The molecule has 2 aromatic heterocycles. The van der Waals surface area contributed by atoms with Crippen LogP contribution in [0.4, 0.5) is 11.4 Å². The van der Waals surface area contributed by atoms with Gasteiger partial charge in [0.1, 0.15) is 0 Å². The highest BCUT2D eigenvalue weighted by Crippen LogP contribution is 2.27. The maximum atomic E-state index is 12.5. The Balaban J connectivity index is 1.45. The van der Waals surface area contributed by atoms with E-state index >= 15 is 0 Å². The fraction of sp³-hybridized carbons (Fsp3) is 0.300. The van der Waals surface area contributed by atoms with Crippen molar-refractivity contribution in [2.45, 2.75) is 6.92 Å². The van der Waals surface area contributed by atoms with Crippen LogP contribution in [0, 0.1) is 6.92 Å². The summed E-state index contributed by atoms with van der Waals surface area (Å²) in [5, 5.41) is 8.77. The third-order valence-electron chi connectivity index (χ3n) is 4.81. The molecule has 1 saturated heterocycles. The number of nitrogens with one attached hydrogen (secondary N) is 1. The van der Waals surface area contributed by atoms with Gasteiger partial charge in [-0.3, -0.25) is 4.79 Å². The number of aromatic nitrogens is 1. The number of anilines is 2. The van der Waals surface area contributed by atoms with Crippen LogP contribution >= 0.6 is 11.3 Å². The summed E-state index contributed by atoms with van der Waals surface area (Å²) in [6, 6.07) is 11.6. The maximum Gasteiger partial charge on any atom is 0.277 e. The predicted molar refractivity (Wildman–Crippen MR) is 109 cm³/mol. The highest BCUT2D eigenvalue weighted by atomic mass is 32.1. The first-order chi connectivity index (χ1) is 13.1. The van der Waals surface area contributed by atoms with Crippen LogP contribution in [-0.4, -0.2) is 49.2 Å². The largest absolute Gasteiger partial charge is 0.369 e. The van der Waals surface area contributed by atoms with Gasteiger partial charge in [0.25, 0.3) is 5.91 Å². The highest BCUT2D eigenvalue weighted by molar-refractivity contribution is 7.13. The molecule has 3 heterocycles. The number of hydrogen-bond donors (Lipinski definition) is 1. The Hall–Kier alpha value is -2.64. The van der Waals surface area contributed by atoms with Crippen molar-refractivity contribution in [3.63, 3.8) is 0 Å². The van der Waals surface area contributed by atoms with Crippen molar-refractivity contribution in [2.75, 3.05) is 43.4 Å². The van der Waals surface area contributed by atoms with Crippen LogP contribution in [-0.2, 0) is 0 Å². The molecule has 140 valence electrons. The number of nitrogens with zero attached hydrogens (tertiary/aromatic N) is 3. The van der Waals surface area contributed by atoms with Gasteiger partial charge in [-0.05, 0) is 49.2 Å². The molecular weight excluding hydrogens is 360 g/mol. The third kappa shape index (κ3) is 3.89. The first-order valence-electron chi connectivity index (χ1n) is 8.96. The highest BCUT2D eigenvalue weighted by Gasteiger charge is 2.17. The van der Waals surface area contributed by atoms with Crippen LogP contribution in [0.15, 0.2) is 46.3 Å². The zero-order valence-electron chi connectivity index (χ0n) is 15.4. The maximum absolute atomic E-state index is 12.5. The van der Waals surface area contributed by atoms with Crippen molar-refractivity contribution in [1.82, 2.24) is 10.1 Å². The summed E-state index contributed by atoms with van der Waals surface area (Å²) in [6.45, 7) is 6.25. The zero-order chi connectivity index (χ0) is 18.8. The van der Waals surface area contributed by atoms with Crippen molar-refractivity contribution in [1.29, 1.82) is 0 Å². The molecule has 4 rings (SSSR count). The number of rotatable bonds is 4. The number of hydrogen-bond acceptors (Lipinski definition) is 6. The summed E-state index contributed by atoms with van der Waals surface area (Å²) in [5.74, 6) is 0.338. The van der Waals surface area contributed by atoms with E-state index in [-0.39, 0.29) is 11.6 Å². The summed E-state index contributed by atoms with van der Waals surface area (Å²) < 4.78 is 5.29. The number of benzene rings is 1. The Bertz CT molecular complexity index is 927. The molecule has 1 aliphatic rings. The van der Waals surface area contributed by atoms with Gasteiger partial charge in [0.2, 0.25) is 0 Å². The SMILES string of the molecule is Cc1cc(NC(=O)c2cc(-c3cccs3)on2)ccc1N1CCN(C)CC1. The van der Waals surface area contributed by atoms with Crippen molar-refractivity contribution >= 4 is 28.6 Å². The fourth-order valence-corrected chi connectivity index (χ4v) is 3.92. The Morgan fingerprint density at radius 3 is 2.70 bits per heavy atom. The topological polar surface area (TPSA) is 61.6 Å². The van der Waals surface area contributed by atoms with Crippen molar-refractivity contribution < 1.29 is 9.32 Å². The number of likely N-dealkylation sites (N-methyl/N-ethyl adjacent to an activating group) is 1. The van der Waals surface area contributed by atoms with E-state index in [0.717, 1.165) is 42.3 Å². The molecule has 0 atom stereocenters. The Labute approximate surface area is 162 Å². The molecule has 1 amide bonds. The minimum absolute atomic E-state index is 0.270. The van der Waals surface area contributed by atoms with Crippen LogP contribution < -0.4 is 10.2 Å². The molecule has 7 heteroatoms. The molecular formula is C20H22N4O2S. The standard InChI is InChI=1S/C20H22N4O2S/c1-14-12-15(5-6-17(14)24-9-7-23(2)8-10-24)21-20(25)16-13-18(26-22-16)19-4-3-11-27-19/h3-6,11-13H,7-10H2,1-2H3,(H,21,25). The average molecular weight is 382 g/mol. The average Bonchev–Trinajstić information content (AvgIpc) is 3.34. The minimum Gasteiger partial charge on any atom is -0.369 e. The number of thiophene rings is 1. The smallest absolute Gasteiger partial charge is 0.277 e. The molecule has 0 aliphatic carbocycles. The van der Waals surface area contributed by atoms with E-state index in [2.05, 4.69) is 40.3 Å². The van der Waals surface area contributed by atoms with Crippen LogP contribution in [0.25, 0.3) is 10.6 Å². The van der Waals surface area contributed by atoms with Gasteiger partial charge in [0.15, 0.2) is 11.5 Å². The molecule has 0 spiro atoms. The molecule has 0 saturated carbocycles. The number of carbonyl (C=O) groups is 1. The van der Waals surface area contributed by atoms with Crippen molar-refractivity contribution in [2.24, 2.45) is 0 Å². The summed E-state index contributed by atoms with van der Waals surface area (Å²) in [6.07, 6.45) is 0. The van der Waals surface area contributed by atoms with E-state index in [1.54, 1.807) is 17.4 Å². The molecule has 1 aromatic carbocycles. The molecule has 0 radical (unpaired) electrons. The molecule has 3 aromatic rings. The second-order valence-corrected chi connectivity index (χ2v) is 7.75. The van der Waals surface area contributed by atoms with E-state index in [9.17, 15) is 4.79 Å². The molecule has 27 heavy (non-hydrogen) atoms. The van der Waals surface area contributed by atoms with E-state index in [0.29, 0.717) is 5.76 Å². The van der Waals surface area contributed by atoms with Crippen LogP contribution in [0.1, 0.15) is 16.1 Å². The number of carbonyl (C=O) groups excluding carboxylic acids is 1. The lowest BCUT2D eigenvalue weighted by molar-refractivity contribution is 0.101. The molecule has 6 nitrogen and oxygen atoms in total. The Morgan fingerprint density at radius 1 is 1.19 bits per heavy atom. The Kier molecular flexibility index (Phi) is 4.96. The lowest BCUT2D eigenvalue weighted by atomic mass is 10.1. The van der Waals surface area contributed by atoms with Gasteiger partial charge in [0, 0.05) is 43.6 Å². The monoisotopic (exact) mass is 382 g/mol. The summed E-state index contributed by atoms with van der Waals surface area (Å²) in [7, 11) is 2.15. The van der Waals surface area contributed by atoms with Gasteiger partial charge in [-0.1, -0.05) is 11.2 Å². The third-order valence-corrected chi connectivity index (χ3v) is 5.69. The molecule has 1 N–H and O–H groups in total. The summed E-state index contributed by atoms with van der Waals surface area (Å²) in [5.41, 5.74) is 3.41. The first kappa shape index (κ1) is 17.8. The lowest BCUT2D eigenvalue weighted by Gasteiger charge is -2.35. The Morgan fingerprint density at radius 2 is 2.00 bits per heavy atom. The van der Waals surface area contributed by atoms with E-state index in [1.807, 2.05) is 29.6 Å². The van der Waals surface area contributed by atoms with Gasteiger partial charge in [-0.2, -0.15) is 0 Å². The van der Waals surface area contributed by atoms with Crippen LogP contribution in [0.2, 0.25) is 0 Å². The summed E-state index contributed by atoms with van der Waals surface area (Å²) in [4.78, 5) is 18.2. The zero-order valence-corrected chi connectivity index (χ0v) is 16.3. The van der Waals surface area contributed by atoms with Crippen molar-refractivity contribution in [3.8, 4) is 10.6 Å².